The highest BCUT2D eigenvalue weighted by molar-refractivity contribution is 5.68. The van der Waals surface area contributed by atoms with Crippen molar-refractivity contribution in [3.05, 3.63) is 29.8 Å². The molecular formula is C15H22N2O2. The van der Waals surface area contributed by atoms with Crippen LogP contribution >= 0.6 is 0 Å². The number of carbonyl (C=O) groups is 1. The smallest absolute Gasteiger partial charge is 0.304 e. The lowest BCUT2D eigenvalue weighted by Crippen LogP contribution is -2.56. The van der Waals surface area contributed by atoms with Crippen LogP contribution in [0.5, 0.6) is 0 Å². The van der Waals surface area contributed by atoms with Gasteiger partial charge >= 0.3 is 5.97 Å². The molecule has 1 fully saturated rings. The number of hydrogen-bond acceptors (Lipinski definition) is 3. The van der Waals surface area contributed by atoms with Crippen LogP contribution < -0.4 is 10.2 Å². The van der Waals surface area contributed by atoms with E-state index in [1.165, 1.54) is 11.3 Å². The van der Waals surface area contributed by atoms with Gasteiger partial charge in [0.05, 0.1) is 6.42 Å². The van der Waals surface area contributed by atoms with Crippen LogP contribution in [0.4, 0.5) is 5.69 Å². The van der Waals surface area contributed by atoms with Crippen LogP contribution in [-0.4, -0.2) is 36.2 Å². The molecule has 2 rings (SSSR count). The molecule has 0 bridgehead atoms. The summed E-state index contributed by atoms with van der Waals surface area (Å²) in [6.07, 6.45) is 1.17. The quantitative estimate of drug-likeness (QED) is 0.870. The highest BCUT2D eigenvalue weighted by atomic mass is 16.4. The van der Waals surface area contributed by atoms with Crippen molar-refractivity contribution in [2.24, 2.45) is 0 Å². The Bertz CT molecular complexity index is 448. The summed E-state index contributed by atoms with van der Waals surface area (Å²) in [5.41, 5.74) is 2.57. The van der Waals surface area contributed by atoms with E-state index in [4.69, 9.17) is 5.11 Å². The van der Waals surface area contributed by atoms with Crippen molar-refractivity contribution in [3.63, 3.8) is 0 Å². The molecule has 2 atom stereocenters. The van der Waals surface area contributed by atoms with Crippen LogP contribution in [0.1, 0.15) is 25.8 Å². The second-order valence-corrected chi connectivity index (χ2v) is 5.19. The van der Waals surface area contributed by atoms with Gasteiger partial charge in [0.2, 0.25) is 0 Å². The highest BCUT2D eigenvalue weighted by Crippen LogP contribution is 2.25. The second-order valence-electron chi connectivity index (χ2n) is 5.19. The van der Waals surface area contributed by atoms with E-state index in [-0.39, 0.29) is 12.5 Å². The first-order valence-electron chi connectivity index (χ1n) is 6.91. The summed E-state index contributed by atoms with van der Waals surface area (Å²) < 4.78 is 0. The van der Waals surface area contributed by atoms with Gasteiger partial charge in [-0.3, -0.25) is 4.79 Å². The van der Waals surface area contributed by atoms with E-state index in [0.29, 0.717) is 6.04 Å². The average molecular weight is 262 g/mol. The summed E-state index contributed by atoms with van der Waals surface area (Å²) in [4.78, 5) is 13.2. The van der Waals surface area contributed by atoms with E-state index < -0.39 is 5.97 Å². The number of hydrogen-bond donors (Lipinski definition) is 2. The molecule has 1 aromatic rings. The van der Waals surface area contributed by atoms with Gasteiger partial charge in [-0.1, -0.05) is 25.1 Å². The Morgan fingerprint density at radius 1 is 1.47 bits per heavy atom. The van der Waals surface area contributed by atoms with E-state index in [9.17, 15) is 4.79 Å². The normalized spacial score (nSPS) is 23.4. The number of carboxylic acid groups (broad SMARTS) is 1. The maximum absolute atomic E-state index is 10.9. The zero-order valence-electron chi connectivity index (χ0n) is 11.6. The Kier molecular flexibility index (Phi) is 4.43. The molecule has 1 aliphatic rings. The number of piperazine rings is 1. The van der Waals surface area contributed by atoms with Crippen molar-refractivity contribution in [3.8, 4) is 0 Å². The molecule has 0 radical (unpaired) electrons. The van der Waals surface area contributed by atoms with Crippen molar-refractivity contribution in [1.82, 2.24) is 5.32 Å². The number of anilines is 1. The van der Waals surface area contributed by atoms with Crippen molar-refractivity contribution in [1.29, 1.82) is 0 Å². The topological polar surface area (TPSA) is 52.6 Å². The summed E-state index contributed by atoms with van der Waals surface area (Å²) >= 11 is 0. The van der Waals surface area contributed by atoms with Gasteiger partial charge in [0.25, 0.3) is 0 Å². The Morgan fingerprint density at radius 2 is 2.21 bits per heavy atom. The second kappa shape index (κ2) is 6.06. The fraction of sp³-hybridized carbons (Fsp3) is 0.533. The van der Waals surface area contributed by atoms with E-state index in [2.05, 4.69) is 48.3 Å². The van der Waals surface area contributed by atoms with Crippen LogP contribution in [0, 0.1) is 0 Å². The predicted octanol–water partition coefficient (Wildman–Crippen LogP) is 1.89. The number of para-hydroxylation sites is 1. The summed E-state index contributed by atoms with van der Waals surface area (Å²) in [6, 6.07) is 8.81. The molecule has 4 heteroatoms. The first-order chi connectivity index (χ1) is 9.11. The van der Waals surface area contributed by atoms with Gasteiger partial charge in [-0.25, -0.2) is 0 Å². The van der Waals surface area contributed by atoms with Crippen LogP contribution in [0.25, 0.3) is 0 Å². The summed E-state index contributed by atoms with van der Waals surface area (Å²) in [6.45, 7) is 5.91. The number of aryl methyl sites for hydroxylation is 1. The van der Waals surface area contributed by atoms with Crippen LogP contribution in [0.3, 0.4) is 0 Å². The fourth-order valence-corrected chi connectivity index (χ4v) is 2.70. The Hall–Kier alpha value is -1.55. The van der Waals surface area contributed by atoms with E-state index >= 15 is 0 Å². The number of nitrogens with one attached hydrogen (secondary N) is 1. The molecule has 0 amide bonds. The number of rotatable bonds is 4. The zero-order chi connectivity index (χ0) is 13.8. The molecule has 1 saturated heterocycles. The Morgan fingerprint density at radius 3 is 2.89 bits per heavy atom. The molecule has 0 aromatic heterocycles. The monoisotopic (exact) mass is 262 g/mol. The molecule has 2 unspecified atom stereocenters. The van der Waals surface area contributed by atoms with E-state index in [1.54, 1.807) is 0 Å². The van der Waals surface area contributed by atoms with Gasteiger partial charge in [-0.15, -0.1) is 0 Å². The molecular weight excluding hydrogens is 240 g/mol. The minimum Gasteiger partial charge on any atom is -0.481 e. The van der Waals surface area contributed by atoms with Crippen molar-refractivity contribution < 1.29 is 9.90 Å². The van der Waals surface area contributed by atoms with Gasteiger partial charge in [-0.05, 0) is 25.0 Å². The molecule has 1 heterocycles. The minimum atomic E-state index is -0.740. The van der Waals surface area contributed by atoms with E-state index in [0.717, 1.165) is 19.5 Å². The SMILES string of the molecule is CCc1ccccc1N1CC(CC(=O)O)NCC1C. The molecule has 2 N–H and O–H groups in total. The van der Waals surface area contributed by atoms with E-state index in [1.807, 2.05) is 0 Å². The molecule has 104 valence electrons. The summed E-state index contributed by atoms with van der Waals surface area (Å²) in [7, 11) is 0. The summed E-state index contributed by atoms with van der Waals surface area (Å²) in [5, 5.41) is 12.2. The standard InChI is InChI=1S/C15H22N2O2/c1-3-12-6-4-5-7-14(12)17-10-13(8-15(18)19)16-9-11(17)2/h4-7,11,13,16H,3,8-10H2,1-2H3,(H,18,19). The number of aliphatic carboxylic acids is 1. The average Bonchev–Trinajstić information content (AvgIpc) is 2.40. The maximum atomic E-state index is 10.9. The summed E-state index contributed by atoms with van der Waals surface area (Å²) in [5.74, 6) is -0.740. The molecule has 0 spiro atoms. The Labute approximate surface area is 114 Å². The predicted molar refractivity (Wildman–Crippen MR) is 76.7 cm³/mol. The third kappa shape index (κ3) is 3.26. The lowest BCUT2D eigenvalue weighted by Gasteiger charge is -2.41. The van der Waals surface area contributed by atoms with Gasteiger partial charge < -0.3 is 15.3 Å². The molecule has 1 aromatic carbocycles. The van der Waals surface area contributed by atoms with Gasteiger partial charge in [0, 0.05) is 30.9 Å². The fourth-order valence-electron chi connectivity index (χ4n) is 2.70. The number of benzene rings is 1. The first kappa shape index (κ1) is 13.9. The van der Waals surface area contributed by atoms with Crippen molar-refractivity contribution >= 4 is 11.7 Å². The molecule has 0 aliphatic carbocycles. The Balaban J connectivity index is 2.18. The lowest BCUT2D eigenvalue weighted by molar-refractivity contribution is -0.137. The third-order valence-corrected chi connectivity index (χ3v) is 3.75. The lowest BCUT2D eigenvalue weighted by atomic mass is 10.0. The molecule has 0 saturated carbocycles. The van der Waals surface area contributed by atoms with Gasteiger partial charge in [0.1, 0.15) is 0 Å². The van der Waals surface area contributed by atoms with Crippen LogP contribution in [0.2, 0.25) is 0 Å². The third-order valence-electron chi connectivity index (χ3n) is 3.75. The number of carboxylic acids is 1. The van der Waals surface area contributed by atoms with Crippen LogP contribution in [-0.2, 0) is 11.2 Å². The number of nitrogens with zero attached hydrogens (tertiary/aromatic N) is 1. The highest BCUT2D eigenvalue weighted by Gasteiger charge is 2.27. The molecule has 19 heavy (non-hydrogen) atoms. The molecule has 4 nitrogen and oxygen atoms in total. The minimum absolute atomic E-state index is 0.0265. The maximum Gasteiger partial charge on any atom is 0.304 e. The van der Waals surface area contributed by atoms with Crippen LogP contribution in [0.15, 0.2) is 24.3 Å². The van der Waals surface area contributed by atoms with Crippen molar-refractivity contribution in [2.75, 3.05) is 18.0 Å². The van der Waals surface area contributed by atoms with Gasteiger partial charge in [-0.2, -0.15) is 0 Å². The molecule has 1 aliphatic heterocycles. The van der Waals surface area contributed by atoms with Crippen molar-refractivity contribution in [2.45, 2.75) is 38.8 Å². The zero-order valence-corrected chi connectivity index (χ0v) is 11.6. The van der Waals surface area contributed by atoms with Gasteiger partial charge in [0.15, 0.2) is 0 Å². The largest absolute Gasteiger partial charge is 0.481 e. The first-order valence-corrected chi connectivity index (χ1v) is 6.91.